The molecule has 1 aromatic heterocycles. The Bertz CT molecular complexity index is 329. The molecule has 1 aromatic rings. The highest BCUT2D eigenvalue weighted by molar-refractivity contribution is 5.12. The van der Waals surface area contributed by atoms with Crippen LogP contribution in [0.3, 0.4) is 0 Å². The monoisotopic (exact) mass is 237 g/mol. The highest BCUT2D eigenvalue weighted by atomic mass is 15.3. The Labute approximate surface area is 103 Å². The number of nitrogens with two attached hydrogens (primary N) is 1. The maximum absolute atomic E-state index is 5.46. The molecule has 0 spiro atoms. The van der Waals surface area contributed by atoms with E-state index in [4.69, 9.17) is 5.73 Å². The van der Waals surface area contributed by atoms with Crippen molar-refractivity contribution in [3.05, 3.63) is 5.82 Å². The van der Waals surface area contributed by atoms with Gasteiger partial charge in [-0.2, -0.15) is 4.98 Å². The molecule has 2 rings (SSSR count). The second-order valence-corrected chi connectivity index (χ2v) is 4.90. The molecule has 0 aromatic carbocycles. The first-order valence-corrected chi connectivity index (χ1v) is 6.69. The first kappa shape index (κ1) is 12.4. The maximum Gasteiger partial charge on any atom is 0.239 e. The second kappa shape index (κ2) is 6.00. The summed E-state index contributed by atoms with van der Waals surface area (Å²) in [5.74, 6) is 2.08. The molecule has 1 fully saturated rings. The Hall–Kier alpha value is -1.10. The lowest BCUT2D eigenvalue weighted by Gasteiger charge is -2.23. The third-order valence-corrected chi connectivity index (χ3v) is 3.73. The fourth-order valence-electron chi connectivity index (χ4n) is 2.80. The third-order valence-electron chi connectivity index (χ3n) is 3.73. The molecule has 0 radical (unpaired) electrons. The Balaban J connectivity index is 1.72. The second-order valence-electron chi connectivity index (χ2n) is 4.90. The van der Waals surface area contributed by atoms with E-state index in [9.17, 15) is 0 Å². The molecule has 0 bridgehead atoms. The normalized spacial score (nSPS) is 18.6. The number of hydrogen-bond acceptors (Lipinski definition) is 4. The minimum absolute atomic E-state index is 0.336. The molecule has 1 aliphatic rings. The molecule has 0 unspecified atom stereocenters. The van der Waals surface area contributed by atoms with Crippen molar-refractivity contribution in [2.24, 2.45) is 5.92 Å². The summed E-state index contributed by atoms with van der Waals surface area (Å²) in [7, 11) is 0. The lowest BCUT2D eigenvalue weighted by molar-refractivity contribution is 0.350. The fourth-order valence-corrected chi connectivity index (χ4v) is 2.80. The van der Waals surface area contributed by atoms with Crippen molar-refractivity contribution in [2.45, 2.75) is 51.5 Å². The van der Waals surface area contributed by atoms with Crippen molar-refractivity contribution in [3.63, 3.8) is 0 Å². The SMILES string of the molecule is CC[C@@H](NCCc1nc(N)n[nH]1)C1CCCC1. The molecule has 17 heavy (non-hydrogen) atoms. The quantitative estimate of drug-likeness (QED) is 0.700. The van der Waals surface area contributed by atoms with Crippen LogP contribution in [0.15, 0.2) is 0 Å². The van der Waals surface area contributed by atoms with Gasteiger partial charge < -0.3 is 11.1 Å². The van der Waals surface area contributed by atoms with E-state index in [1.807, 2.05) is 0 Å². The molecule has 5 nitrogen and oxygen atoms in total. The molecular weight excluding hydrogens is 214 g/mol. The van der Waals surface area contributed by atoms with Crippen LogP contribution < -0.4 is 11.1 Å². The topological polar surface area (TPSA) is 79.6 Å². The fraction of sp³-hybridized carbons (Fsp3) is 0.833. The Morgan fingerprint density at radius 2 is 2.24 bits per heavy atom. The summed E-state index contributed by atoms with van der Waals surface area (Å²) < 4.78 is 0. The van der Waals surface area contributed by atoms with E-state index in [1.165, 1.54) is 32.1 Å². The van der Waals surface area contributed by atoms with Crippen molar-refractivity contribution in [1.29, 1.82) is 0 Å². The van der Waals surface area contributed by atoms with E-state index in [1.54, 1.807) is 0 Å². The van der Waals surface area contributed by atoms with Gasteiger partial charge in [0, 0.05) is 19.0 Å². The molecule has 96 valence electrons. The van der Waals surface area contributed by atoms with Crippen molar-refractivity contribution in [1.82, 2.24) is 20.5 Å². The summed E-state index contributed by atoms with van der Waals surface area (Å²) in [6.07, 6.45) is 7.67. The van der Waals surface area contributed by atoms with Crippen molar-refractivity contribution >= 4 is 5.95 Å². The summed E-state index contributed by atoms with van der Waals surface area (Å²) in [6.45, 7) is 3.21. The van der Waals surface area contributed by atoms with Crippen LogP contribution in [0.1, 0.15) is 44.9 Å². The summed E-state index contributed by atoms with van der Waals surface area (Å²) >= 11 is 0. The van der Waals surface area contributed by atoms with Gasteiger partial charge in [0.2, 0.25) is 5.95 Å². The van der Waals surface area contributed by atoms with Crippen LogP contribution >= 0.6 is 0 Å². The molecule has 5 heteroatoms. The van der Waals surface area contributed by atoms with Gasteiger partial charge in [-0.05, 0) is 25.2 Å². The minimum Gasteiger partial charge on any atom is -0.367 e. The van der Waals surface area contributed by atoms with E-state index < -0.39 is 0 Å². The smallest absolute Gasteiger partial charge is 0.239 e. The first-order chi connectivity index (χ1) is 8.29. The summed E-state index contributed by atoms with van der Waals surface area (Å²) in [5.41, 5.74) is 5.46. The molecule has 0 amide bonds. The Morgan fingerprint density at radius 1 is 1.47 bits per heavy atom. The number of nitrogen functional groups attached to an aromatic ring is 1. The molecule has 0 saturated heterocycles. The van der Waals surface area contributed by atoms with Gasteiger partial charge in [-0.25, -0.2) is 0 Å². The van der Waals surface area contributed by atoms with Crippen molar-refractivity contribution < 1.29 is 0 Å². The van der Waals surface area contributed by atoms with Crippen molar-refractivity contribution in [3.8, 4) is 0 Å². The van der Waals surface area contributed by atoms with Gasteiger partial charge in [-0.1, -0.05) is 19.8 Å². The zero-order valence-electron chi connectivity index (χ0n) is 10.6. The average Bonchev–Trinajstić information content (AvgIpc) is 2.96. The molecule has 1 aliphatic carbocycles. The lowest BCUT2D eigenvalue weighted by atomic mass is 9.96. The van der Waals surface area contributed by atoms with Crippen LogP contribution in [0.2, 0.25) is 0 Å². The molecule has 1 atom stereocenters. The van der Waals surface area contributed by atoms with Crippen LogP contribution in [-0.4, -0.2) is 27.8 Å². The number of aromatic nitrogens is 3. The maximum atomic E-state index is 5.46. The molecule has 0 aliphatic heterocycles. The zero-order chi connectivity index (χ0) is 12.1. The van der Waals surface area contributed by atoms with Gasteiger partial charge in [0.05, 0.1) is 0 Å². The van der Waals surface area contributed by atoms with Crippen LogP contribution in [0, 0.1) is 5.92 Å². The van der Waals surface area contributed by atoms with Gasteiger partial charge in [0.25, 0.3) is 0 Å². The van der Waals surface area contributed by atoms with E-state index in [-0.39, 0.29) is 0 Å². The summed E-state index contributed by atoms with van der Waals surface area (Å²) in [4.78, 5) is 4.10. The van der Waals surface area contributed by atoms with E-state index in [2.05, 4.69) is 27.4 Å². The summed E-state index contributed by atoms with van der Waals surface area (Å²) in [5, 5.41) is 10.3. The molecule has 1 heterocycles. The van der Waals surface area contributed by atoms with Crippen LogP contribution in [0.25, 0.3) is 0 Å². The van der Waals surface area contributed by atoms with Crippen molar-refractivity contribution in [2.75, 3.05) is 12.3 Å². The van der Waals surface area contributed by atoms with Gasteiger partial charge in [0.15, 0.2) is 0 Å². The largest absolute Gasteiger partial charge is 0.367 e. The highest BCUT2D eigenvalue weighted by Crippen LogP contribution is 2.28. The number of anilines is 1. The number of aromatic amines is 1. The van der Waals surface area contributed by atoms with Crippen LogP contribution in [-0.2, 0) is 6.42 Å². The highest BCUT2D eigenvalue weighted by Gasteiger charge is 2.22. The number of rotatable bonds is 6. The lowest BCUT2D eigenvalue weighted by Crippen LogP contribution is -2.36. The average molecular weight is 237 g/mol. The Kier molecular flexibility index (Phi) is 4.36. The van der Waals surface area contributed by atoms with Gasteiger partial charge in [0.1, 0.15) is 5.82 Å². The molecule has 4 N–H and O–H groups in total. The Morgan fingerprint density at radius 3 is 2.82 bits per heavy atom. The standard InChI is InChI=1S/C12H23N5/c1-2-10(9-5-3-4-6-9)14-8-7-11-15-12(13)17-16-11/h9-10,14H,2-8H2,1H3,(H3,13,15,16,17)/t10-/m1/s1. The zero-order valence-corrected chi connectivity index (χ0v) is 10.6. The number of H-pyrrole nitrogens is 1. The third kappa shape index (κ3) is 3.43. The first-order valence-electron chi connectivity index (χ1n) is 6.69. The van der Waals surface area contributed by atoms with Gasteiger partial charge in [-0.15, -0.1) is 5.10 Å². The number of nitrogens with zero attached hydrogens (tertiary/aromatic N) is 2. The number of hydrogen-bond donors (Lipinski definition) is 3. The molecule has 1 saturated carbocycles. The number of nitrogens with one attached hydrogen (secondary N) is 2. The minimum atomic E-state index is 0.336. The van der Waals surface area contributed by atoms with Gasteiger partial charge in [-0.3, -0.25) is 5.10 Å². The predicted octanol–water partition coefficient (Wildman–Crippen LogP) is 1.49. The summed E-state index contributed by atoms with van der Waals surface area (Å²) in [6, 6.07) is 0.665. The van der Waals surface area contributed by atoms with Gasteiger partial charge >= 0.3 is 0 Å². The van der Waals surface area contributed by atoms with Crippen LogP contribution in [0.4, 0.5) is 5.95 Å². The van der Waals surface area contributed by atoms with E-state index in [0.717, 1.165) is 24.7 Å². The predicted molar refractivity (Wildman–Crippen MR) is 68.5 cm³/mol. The van der Waals surface area contributed by atoms with E-state index >= 15 is 0 Å². The van der Waals surface area contributed by atoms with E-state index in [0.29, 0.717) is 12.0 Å². The molecular formula is C12H23N5. The van der Waals surface area contributed by atoms with Crippen LogP contribution in [0.5, 0.6) is 0 Å².